The maximum Gasteiger partial charge on any atom is 0.273 e. The lowest BCUT2D eigenvalue weighted by molar-refractivity contribution is -0.110. The fourth-order valence-corrected chi connectivity index (χ4v) is 2.25. The van der Waals surface area contributed by atoms with E-state index in [4.69, 9.17) is 11.3 Å². The molecule has 3 rings (SSSR count). The largest absolute Gasteiger partial charge is 0.387 e. The van der Waals surface area contributed by atoms with Gasteiger partial charge in [-0.3, -0.25) is 4.79 Å². The van der Waals surface area contributed by atoms with E-state index in [2.05, 4.69) is 16.4 Å². The minimum atomic E-state index is -0.271. The van der Waals surface area contributed by atoms with Crippen molar-refractivity contribution in [3.8, 4) is 12.3 Å². The van der Waals surface area contributed by atoms with Gasteiger partial charge in [0.05, 0.1) is 0 Å². The van der Waals surface area contributed by atoms with Crippen molar-refractivity contribution in [1.82, 2.24) is 0 Å². The van der Waals surface area contributed by atoms with E-state index in [1.807, 2.05) is 30.3 Å². The molecule has 1 amide bonds. The van der Waals surface area contributed by atoms with Crippen LogP contribution < -0.4 is 5.32 Å². The summed E-state index contributed by atoms with van der Waals surface area (Å²) in [5.41, 5.74) is 2.74. The number of carbonyl (C=O) groups excluding carboxylic acids is 1. The molecule has 0 saturated heterocycles. The average molecular weight is 290 g/mol. The van der Waals surface area contributed by atoms with Gasteiger partial charge in [-0.1, -0.05) is 47.5 Å². The summed E-state index contributed by atoms with van der Waals surface area (Å²) in [4.78, 5) is 17.6. The van der Waals surface area contributed by atoms with Crippen LogP contribution in [-0.4, -0.2) is 11.6 Å². The first kappa shape index (κ1) is 13.9. The van der Waals surface area contributed by atoms with Crippen LogP contribution in [-0.2, 0) is 9.63 Å². The topological polar surface area (TPSA) is 50.7 Å². The third kappa shape index (κ3) is 2.99. The SMILES string of the molecule is C#Cc1cccc(NC(=O)C2=NO[C@@H](c3ccccc3)C2)c1. The monoisotopic (exact) mass is 290 g/mol. The predicted octanol–water partition coefficient (Wildman–Crippen LogP) is 3.12. The fourth-order valence-electron chi connectivity index (χ4n) is 2.25. The van der Waals surface area contributed by atoms with Crippen LogP contribution in [0.25, 0.3) is 0 Å². The molecule has 1 aliphatic rings. The van der Waals surface area contributed by atoms with Crippen LogP contribution >= 0.6 is 0 Å². The Hall–Kier alpha value is -3.06. The van der Waals surface area contributed by atoms with E-state index in [1.165, 1.54) is 0 Å². The molecule has 0 unspecified atom stereocenters. The van der Waals surface area contributed by atoms with Crippen molar-refractivity contribution >= 4 is 17.3 Å². The Balaban J connectivity index is 1.65. The zero-order chi connectivity index (χ0) is 15.4. The number of hydrogen-bond donors (Lipinski definition) is 1. The highest BCUT2D eigenvalue weighted by molar-refractivity contribution is 6.43. The standard InChI is InChI=1S/C18H14N2O2/c1-2-13-7-6-10-15(11-13)19-18(21)16-12-17(22-20-16)14-8-4-3-5-9-14/h1,3-11,17H,12H2,(H,19,21)/t17-/m1/s1. The molecular weight excluding hydrogens is 276 g/mol. The number of hydrogen-bond acceptors (Lipinski definition) is 3. The van der Waals surface area contributed by atoms with Crippen molar-refractivity contribution in [3.05, 3.63) is 65.7 Å². The summed E-state index contributed by atoms with van der Waals surface area (Å²) in [5, 5.41) is 6.68. The number of terminal acetylenes is 1. The Labute approximate surface area is 128 Å². The van der Waals surface area contributed by atoms with Crippen molar-refractivity contribution in [1.29, 1.82) is 0 Å². The molecule has 1 aliphatic heterocycles. The lowest BCUT2D eigenvalue weighted by atomic mass is 10.0. The van der Waals surface area contributed by atoms with E-state index in [9.17, 15) is 4.79 Å². The molecule has 1 atom stereocenters. The van der Waals surface area contributed by atoms with Gasteiger partial charge in [0.1, 0.15) is 5.71 Å². The van der Waals surface area contributed by atoms with Gasteiger partial charge in [-0.05, 0) is 23.8 Å². The molecule has 22 heavy (non-hydrogen) atoms. The van der Waals surface area contributed by atoms with Crippen LogP contribution in [0.15, 0.2) is 59.8 Å². The molecule has 2 aromatic carbocycles. The molecule has 0 fully saturated rings. The molecule has 1 N–H and O–H groups in total. The summed E-state index contributed by atoms with van der Waals surface area (Å²) in [7, 11) is 0. The Morgan fingerprint density at radius 1 is 1.23 bits per heavy atom. The van der Waals surface area contributed by atoms with Crippen molar-refractivity contribution in [2.45, 2.75) is 12.5 Å². The molecule has 0 spiro atoms. The number of benzene rings is 2. The van der Waals surface area contributed by atoms with Gasteiger partial charge in [-0.2, -0.15) is 0 Å². The van der Waals surface area contributed by atoms with Crippen molar-refractivity contribution in [3.63, 3.8) is 0 Å². The summed E-state index contributed by atoms with van der Waals surface area (Å²) in [5.74, 6) is 2.26. The third-order valence-corrected chi connectivity index (χ3v) is 3.39. The summed E-state index contributed by atoms with van der Waals surface area (Å²) in [6.07, 6.45) is 5.59. The fraction of sp³-hybridized carbons (Fsp3) is 0.111. The Kier molecular flexibility index (Phi) is 3.88. The number of amides is 1. The van der Waals surface area contributed by atoms with Crippen LogP contribution in [0, 0.1) is 12.3 Å². The van der Waals surface area contributed by atoms with Gasteiger partial charge >= 0.3 is 0 Å². The molecule has 0 saturated carbocycles. The van der Waals surface area contributed by atoms with E-state index >= 15 is 0 Å². The van der Waals surface area contributed by atoms with Gasteiger partial charge in [0.2, 0.25) is 0 Å². The number of carbonyl (C=O) groups is 1. The van der Waals surface area contributed by atoms with E-state index in [1.54, 1.807) is 24.3 Å². The minimum absolute atomic E-state index is 0.209. The molecule has 0 radical (unpaired) electrons. The minimum Gasteiger partial charge on any atom is -0.387 e. The molecule has 0 aliphatic carbocycles. The first-order chi connectivity index (χ1) is 10.8. The summed E-state index contributed by atoms with van der Waals surface area (Å²) >= 11 is 0. The first-order valence-electron chi connectivity index (χ1n) is 6.92. The molecule has 0 bridgehead atoms. The summed E-state index contributed by atoms with van der Waals surface area (Å²) in [6.45, 7) is 0. The highest BCUT2D eigenvalue weighted by Gasteiger charge is 2.27. The Morgan fingerprint density at radius 3 is 2.82 bits per heavy atom. The highest BCUT2D eigenvalue weighted by Crippen LogP contribution is 2.27. The summed E-state index contributed by atoms with van der Waals surface area (Å²) < 4.78 is 0. The average Bonchev–Trinajstić information content (AvgIpc) is 3.06. The van der Waals surface area contributed by atoms with Crippen LogP contribution in [0.5, 0.6) is 0 Å². The lowest BCUT2D eigenvalue weighted by Gasteiger charge is -2.07. The zero-order valence-corrected chi connectivity index (χ0v) is 11.8. The van der Waals surface area contributed by atoms with Crippen LogP contribution in [0.3, 0.4) is 0 Å². The van der Waals surface area contributed by atoms with Crippen molar-refractivity contribution in [2.75, 3.05) is 5.32 Å². The zero-order valence-electron chi connectivity index (χ0n) is 11.8. The van der Waals surface area contributed by atoms with Gasteiger partial charge in [-0.25, -0.2) is 0 Å². The Morgan fingerprint density at radius 2 is 2.05 bits per heavy atom. The number of rotatable bonds is 3. The smallest absolute Gasteiger partial charge is 0.273 e. The number of nitrogens with zero attached hydrogens (tertiary/aromatic N) is 1. The van der Waals surface area contributed by atoms with E-state index < -0.39 is 0 Å². The van der Waals surface area contributed by atoms with Crippen LogP contribution in [0.1, 0.15) is 23.7 Å². The quantitative estimate of drug-likeness (QED) is 0.883. The van der Waals surface area contributed by atoms with Crippen molar-refractivity contribution < 1.29 is 9.63 Å². The first-order valence-corrected chi connectivity index (χ1v) is 6.92. The van der Waals surface area contributed by atoms with E-state index in [-0.39, 0.29) is 12.0 Å². The molecular formula is C18H14N2O2. The van der Waals surface area contributed by atoms with Gasteiger partial charge < -0.3 is 10.2 Å². The second kappa shape index (κ2) is 6.15. The van der Waals surface area contributed by atoms with Gasteiger partial charge in [-0.15, -0.1) is 6.42 Å². The van der Waals surface area contributed by atoms with Gasteiger partial charge in [0, 0.05) is 17.7 Å². The number of anilines is 1. The normalized spacial score (nSPS) is 16.3. The van der Waals surface area contributed by atoms with Gasteiger partial charge in [0.25, 0.3) is 5.91 Å². The van der Waals surface area contributed by atoms with Crippen LogP contribution in [0.4, 0.5) is 5.69 Å². The maximum absolute atomic E-state index is 12.2. The number of nitrogens with one attached hydrogen (secondary N) is 1. The second-order valence-electron chi connectivity index (χ2n) is 4.93. The van der Waals surface area contributed by atoms with E-state index in [0.29, 0.717) is 23.4 Å². The second-order valence-corrected chi connectivity index (χ2v) is 4.93. The van der Waals surface area contributed by atoms with Crippen molar-refractivity contribution in [2.24, 2.45) is 5.16 Å². The molecule has 2 aromatic rings. The van der Waals surface area contributed by atoms with Crippen LogP contribution in [0.2, 0.25) is 0 Å². The maximum atomic E-state index is 12.2. The highest BCUT2D eigenvalue weighted by atomic mass is 16.6. The molecule has 1 heterocycles. The Bertz CT molecular complexity index is 760. The molecule has 4 heteroatoms. The summed E-state index contributed by atoms with van der Waals surface area (Å²) in [6, 6.07) is 16.8. The lowest BCUT2D eigenvalue weighted by Crippen LogP contribution is -2.21. The molecule has 108 valence electrons. The van der Waals surface area contributed by atoms with E-state index in [0.717, 1.165) is 5.56 Å². The molecule has 0 aromatic heterocycles. The van der Waals surface area contributed by atoms with Gasteiger partial charge in [0.15, 0.2) is 6.10 Å². The molecule has 4 nitrogen and oxygen atoms in total. The predicted molar refractivity (Wildman–Crippen MR) is 85.3 cm³/mol. The third-order valence-electron chi connectivity index (χ3n) is 3.39. The number of oxime groups is 1.